The highest BCUT2D eigenvalue weighted by Crippen LogP contribution is 2.32. The number of nitrogens with zero attached hydrogens (tertiary/aromatic N) is 3. The molecule has 0 bridgehead atoms. The van der Waals surface area contributed by atoms with Crippen LogP contribution < -0.4 is 4.74 Å². The largest absolute Gasteiger partial charge is 0.484 e. The normalized spacial score (nSPS) is 10.9. The van der Waals surface area contributed by atoms with E-state index in [0.717, 1.165) is 5.69 Å². The van der Waals surface area contributed by atoms with Crippen LogP contribution >= 0.6 is 34.8 Å². The van der Waals surface area contributed by atoms with Crippen molar-refractivity contribution in [2.24, 2.45) is 7.05 Å². The molecule has 1 amide bonds. The first-order valence-electron chi connectivity index (χ1n) is 7.94. The van der Waals surface area contributed by atoms with Crippen LogP contribution in [0.2, 0.25) is 15.1 Å². The molecule has 0 unspecified atom stereocenters. The monoisotopic (exact) mass is 427 g/mol. The lowest BCUT2D eigenvalue weighted by Gasteiger charge is -2.16. The van der Waals surface area contributed by atoms with Crippen LogP contribution in [0.1, 0.15) is 22.0 Å². The van der Waals surface area contributed by atoms with E-state index in [1.54, 1.807) is 55.3 Å². The highest BCUT2D eigenvalue weighted by Gasteiger charge is 2.19. The van der Waals surface area contributed by atoms with Crippen molar-refractivity contribution < 1.29 is 13.9 Å². The van der Waals surface area contributed by atoms with Gasteiger partial charge in [-0.2, -0.15) is 5.10 Å². The molecular formula is C18H16Cl3N3O3. The molecule has 0 spiro atoms. The number of hydrogen-bond donors (Lipinski definition) is 0. The van der Waals surface area contributed by atoms with E-state index < -0.39 is 0 Å². The summed E-state index contributed by atoms with van der Waals surface area (Å²) in [5.74, 6) is 0.851. The van der Waals surface area contributed by atoms with E-state index in [0.29, 0.717) is 33.1 Å². The Hall–Kier alpha value is -2.15. The molecule has 142 valence electrons. The number of hydrogen-bond acceptors (Lipinski definition) is 4. The summed E-state index contributed by atoms with van der Waals surface area (Å²) < 4.78 is 12.8. The molecule has 0 atom stereocenters. The second kappa shape index (κ2) is 8.25. The first-order valence-corrected chi connectivity index (χ1v) is 9.07. The number of benzene rings is 1. The number of amides is 1. The molecular weight excluding hydrogens is 413 g/mol. The second-order valence-electron chi connectivity index (χ2n) is 5.83. The lowest BCUT2D eigenvalue weighted by atomic mass is 10.3. The van der Waals surface area contributed by atoms with Gasteiger partial charge in [-0.05, 0) is 24.3 Å². The quantitative estimate of drug-likeness (QED) is 0.564. The number of furan rings is 1. The molecule has 0 saturated heterocycles. The van der Waals surface area contributed by atoms with Crippen molar-refractivity contribution in [3.05, 3.63) is 68.8 Å². The first kappa shape index (κ1) is 19.6. The molecule has 6 nitrogen and oxygen atoms in total. The van der Waals surface area contributed by atoms with E-state index in [-0.39, 0.29) is 18.3 Å². The van der Waals surface area contributed by atoms with Crippen LogP contribution in [-0.2, 0) is 20.2 Å². The van der Waals surface area contributed by atoms with Crippen LogP contribution in [0.15, 0.2) is 40.9 Å². The van der Waals surface area contributed by atoms with Gasteiger partial charge in [0, 0.05) is 14.1 Å². The predicted molar refractivity (Wildman–Crippen MR) is 104 cm³/mol. The number of carbonyl (C=O) groups is 1. The summed E-state index contributed by atoms with van der Waals surface area (Å²) in [6.07, 6.45) is 1.54. The van der Waals surface area contributed by atoms with E-state index >= 15 is 0 Å². The fourth-order valence-corrected chi connectivity index (χ4v) is 2.99. The summed E-state index contributed by atoms with van der Waals surface area (Å²) >= 11 is 18.1. The summed E-state index contributed by atoms with van der Waals surface area (Å²) in [5, 5.41) is 5.29. The molecule has 0 aliphatic carbocycles. The molecule has 27 heavy (non-hydrogen) atoms. The number of rotatable bonds is 6. The molecule has 0 aliphatic rings. The standard InChI is InChI=1S/C18H16Cl3N3O3/c1-23(9-14-13(20)8-22-24(14)2)18(25)16-7-6-11(27-16)10-26-15-5-3-4-12(19)17(15)21/h3-8H,9-10H2,1-2H3. The summed E-state index contributed by atoms with van der Waals surface area (Å²) in [6.45, 7) is 0.420. The van der Waals surface area contributed by atoms with Gasteiger partial charge in [0.2, 0.25) is 0 Å². The van der Waals surface area contributed by atoms with Gasteiger partial charge in [0.1, 0.15) is 23.1 Å². The van der Waals surface area contributed by atoms with Crippen LogP contribution in [0.25, 0.3) is 0 Å². The minimum absolute atomic E-state index is 0.116. The third-order valence-electron chi connectivity index (χ3n) is 3.90. The lowest BCUT2D eigenvalue weighted by molar-refractivity contribution is 0.0746. The minimum Gasteiger partial charge on any atom is -0.484 e. The Balaban J connectivity index is 1.64. The highest BCUT2D eigenvalue weighted by molar-refractivity contribution is 6.42. The zero-order chi connectivity index (χ0) is 19.6. The van der Waals surface area contributed by atoms with E-state index in [2.05, 4.69) is 5.10 Å². The molecule has 9 heteroatoms. The lowest BCUT2D eigenvalue weighted by Crippen LogP contribution is -2.27. The smallest absolute Gasteiger partial charge is 0.289 e. The molecule has 0 saturated carbocycles. The maximum atomic E-state index is 12.6. The fraction of sp³-hybridized carbons (Fsp3) is 0.222. The van der Waals surface area contributed by atoms with E-state index in [9.17, 15) is 4.79 Å². The van der Waals surface area contributed by atoms with Gasteiger partial charge in [-0.1, -0.05) is 40.9 Å². The molecule has 3 rings (SSSR count). The topological polar surface area (TPSA) is 60.5 Å². The van der Waals surface area contributed by atoms with Crippen molar-refractivity contribution in [3.63, 3.8) is 0 Å². The van der Waals surface area contributed by atoms with Gasteiger partial charge in [-0.25, -0.2) is 0 Å². The molecule has 0 fully saturated rings. The second-order valence-corrected chi connectivity index (χ2v) is 7.02. The average Bonchev–Trinajstić information content (AvgIpc) is 3.24. The molecule has 3 aromatic rings. The zero-order valence-corrected chi connectivity index (χ0v) is 16.8. The van der Waals surface area contributed by atoms with E-state index in [1.807, 2.05) is 0 Å². The number of aromatic nitrogens is 2. The van der Waals surface area contributed by atoms with Crippen LogP contribution in [0.4, 0.5) is 0 Å². The number of halogens is 3. The van der Waals surface area contributed by atoms with Gasteiger partial charge in [0.05, 0.1) is 28.5 Å². The Morgan fingerprint density at radius 2 is 2.00 bits per heavy atom. The van der Waals surface area contributed by atoms with Crippen LogP contribution in [-0.4, -0.2) is 27.6 Å². The maximum absolute atomic E-state index is 12.6. The number of aryl methyl sites for hydroxylation is 1. The fourth-order valence-electron chi connectivity index (χ4n) is 2.41. The Morgan fingerprint density at radius 3 is 2.70 bits per heavy atom. The molecule has 1 aromatic carbocycles. The third kappa shape index (κ3) is 4.40. The molecule has 0 aliphatic heterocycles. The highest BCUT2D eigenvalue weighted by atomic mass is 35.5. The Morgan fingerprint density at radius 1 is 1.22 bits per heavy atom. The molecule has 0 radical (unpaired) electrons. The van der Waals surface area contributed by atoms with Crippen LogP contribution in [0.5, 0.6) is 5.75 Å². The zero-order valence-electron chi connectivity index (χ0n) is 14.6. The van der Waals surface area contributed by atoms with Gasteiger partial charge < -0.3 is 14.1 Å². The van der Waals surface area contributed by atoms with Crippen LogP contribution in [0.3, 0.4) is 0 Å². The summed E-state index contributed by atoms with van der Waals surface area (Å²) in [5.41, 5.74) is 0.734. The van der Waals surface area contributed by atoms with Crippen molar-refractivity contribution in [3.8, 4) is 5.75 Å². The number of ether oxygens (including phenoxy) is 1. The summed E-state index contributed by atoms with van der Waals surface area (Å²) in [4.78, 5) is 14.1. The summed E-state index contributed by atoms with van der Waals surface area (Å²) in [6, 6.07) is 8.39. The third-order valence-corrected chi connectivity index (χ3v) is 5.02. The van der Waals surface area contributed by atoms with Crippen molar-refractivity contribution in [1.29, 1.82) is 0 Å². The molecule has 0 N–H and O–H groups in total. The first-order chi connectivity index (χ1) is 12.9. The van der Waals surface area contributed by atoms with Gasteiger partial charge in [-0.15, -0.1) is 0 Å². The molecule has 2 heterocycles. The van der Waals surface area contributed by atoms with Gasteiger partial charge >= 0.3 is 0 Å². The van der Waals surface area contributed by atoms with Crippen molar-refractivity contribution in [2.45, 2.75) is 13.2 Å². The predicted octanol–water partition coefficient (Wildman–Crippen LogP) is 4.82. The van der Waals surface area contributed by atoms with Crippen LogP contribution in [0, 0.1) is 0 Å². The minimum atomic E-state index is -0.278. The Labute approximate surface area is 171 Å². The van der Waals surface area contributed by atoms with E-state index in [1.165, 1.54) is 4.90 Å². The van der Waals surface area contributed by atoms with Crippen molar-refractivity contribution in [1.82, 2.24) is 14.7 Å². The Bertz CT molecular complexity index is 948. The SMILES string of the molecule is CN(Cc1c(Cl)cnn1C)C(=O)c1ccc(COc2cccc(Cl)c2Cl)o1. The Kier molecular flexibility index (Phi) is 5.99. The average molecular weight is 429 g/mol. The van der Waals surface area contributed by atoms with E-state index in [4.69, 9.17) is 44.0 Å². The van der Waals surface area contributed by atoms with Gasteiger partial charge in [-0.3, -0.25) is 9.48 Å². The number of carbonyl (C=O) groups excluding carboxylic acids is 1. The van der Waals surface area contributed by atoms with Crippen molar-refractivity contribution in [2.75, 3.05) is 7.05 Å². The van der Waals surface area contributed by atoms with Gasteiger partial charge in [0.25, 0.3) is 5.91 Å². The van der Waals surface area contributed by atoms with Crippen molar-refractivity contribution >= 4 is 40.7 Å². The van der Waals surface area contributed by atoms with Gasteiger partial charge in [0.15, 0.2) is 5.76 Å². The molecule has 2 aromatic heterocycles. The maximum Gasteiger partial charge on any atom is 0.289 e. The summed E-state index contributed by atoms with van der Waals surface area (Å²) in [7, 11) is 3.43.